The second kappa shape index (κ2) is 4.45. The van der Waals surface area contributed by atoms with E-state index in [0.717, 1.165) is 17.9 Å². The van der Waals surface area contributed by atoms with Crippen molar-refractivity contribution in [2.24, 2.45) is 7.05 Å². The number of nitrogens with one attached hydrogen (secondary N) is 1. The molecule has 5 nitrogen and oxygen atoms in total. The molecular weight excluding hydrogens is 214 g/mol. The molecular formula is C12H17N5. The van der Waals surface area contributed by atoms with E-state index in [2.05, 4.69) is 22.3 Å². The molecule has 0 unspecified atom stereocenters. The van der Waals surface area contributed by atoms with Gasteiger partial charge in [-0.2, -0.15) is 5.10 Å². The van der Waals surface area contributed by atoms with E-state index >= 15 is 0 Å². The number of aromatic nitrogens is 3. The van der Waals surface area contributed by atoms with E-state index in [9.17, 15) is 0 Å². The Morgan fingerprint density at radius 1 is 1.35 bits per heavy atom. The maximum absolute atomic E-state index is 5.53. The quantitative estimate of drug-likeness (QED) is 0.842. The van der Waals surface area contributed by atoms with Gasteiger partial charge >= 0.3 is 0 Å². The third-order valence-electron chi connectivity index (χ3n) is 2.91. The molecule has 5 heteroatoms. The zero-order valence-electron chi connectivity index (χ0n) is 10.4. The van der Waals surface area contributed by atoms with Crippen molar-refractivity contribution in [1.82, 2.24) is 14.8 Å². The molecule has 0 aromatic carbocycles. The lowest BCUT2D eigenvalue weighted by molar-refractivity contribution is 0.730. The first-order chi connectivity index (χ1) is 8.08. The first-order valence-corrected chi connectivity index (χ1v) is 5.52. The Morgan fingerprint density at radius 2 is 2.12 bits per heavy atom. The van der Waals surface area contributed by atoms with Crippen LogP contribution in [0.3, 0.4) is 0 Å². The molecule has 0 aliphatic carbocycles. The van der Waals surface area contributed by atoms with Crippen LogP contribution in [0.4, 0.5) is 11.5 Å². The van der Waals surface area contributed by atoms with Crippen molar-refractivity contribution in [2.45, 2.75) is 20.4 Å². The number of hydrogen-bond donors (Lipinski definition) is 2. The highest BCUT2D eigenvalue weighted by atomic mass is 15.3. The zero-order chi connectivity index (χ0) is 12.4. The summed E-state index contributed by atoms with van der Waals surface area (Å²) in [5.41, 5.74) is 9.96. The van der Waals surface area contributed by atoms with Gasteiger partial charge in [0.15, 0.2) is 0 Å². The van der Waals surface area contributed by atoms with Crippen LogP contribution >= 0.6 is 0 Å². The van der Waals surface area contributed by atoms with Crippen LogP contribution in [0.25, 0.3) is 0 Å². The summed E-state index contributed by atoms with van der Waals surface area (Å²) in [6, 6.07) is 3.70. The standard InChI is InChI=1S/C12H17N5/c1-8-11(9(2)17(3)16-8)7-14-10-4-5-12(13)15-6-10/h4-6,14H,7H2,1-3H3,(H2,13,15). The summed E-state index contributed by atoms with van der Waals surface area (Å²) in [5.74, 6) is 0.532. The molecule has 90 valence electrons. The van der Waals surface area contributed by atoms with E-state index in [1.54, 1.807) is 12.3 Å². The van der Waals surface area contributed by atoms with Crippen molar-refractivity contribution < 1.29 is 0 Å². The van der Waals surface area contributed by atoms with E-state index in [1.165, 1.54) is 11.3 Å². The van der Waals surface area contributed by atoms with Crippen molar-refractivity contribution in [3.05, 3.63) is 35.3 Å². The highest BCUT2D eigenvalue weighted by Gasteiger charge is 2.08. The summed E-state index contributed by atoms with van der Waals surface area (Å²) in [4.78, 5) is 4.04. The van der Waals surface area contributed by atoms with Gasteiger partial charge < -0.3 is 11.1 Å². The topological polar surface area (TPSA) is 68.8 Å². The second-order valence-corrected chi connectivity index (χ2v) is 4.10. The summed E-state index contributed by atoms with van der Waals surface area (Å²) in [6.07, 6.45) is 1.73. The number of nitrogens with two attached hydrogens (primary N) is 1. The second-order valence-electron chi connectivity index (χ2n) is 4.10. The predicted molar refractivity (Wildman–Crippen MR) is 68.7 cm³/mol. The number of anilines is 2. The van der Waals surface area contributed by atoms with E-state index in [1.807, 2.05) is 24.7 Å². The molecule has 0 atom stereocenters. The van der Waals surface area contributed by atoms with Gasteiger partial charge in [-0.1, -0.05) is 0 Å². The van der Waals surface area contributed by atoms with Crippen LogP contribution in [0, 0.1) is 13.8 Å². The lowest BCUT2D eigenvalue weighted by Crippen LogP contribution is -2.03. The summed E-state index contributed by atoms with van der Waals surface area (Å²) in [6.45, 7) is 4.83. The SMILES string of the molecule is Cc1nn(C)c(C)c1CNc1ccc(N)nc1. The van der Waals surface area contributed by atoms with Gasteiger partial charge in [0.25, 0.3) is 0 Å². The Balaban J connectivity index is 2.09. The Bertz CT molecular complexity index is 512. The van der Waals surface area contributed by atoms with Gasteiger partial charge in [-0.25, -0.2) is 4.98 Å². The average molecular weight is 231 g/mol. The van der Waals surface area contributed by atoms with Crippen molar-refractivity contribution >= 4 is 11.5 Å². The molecule has 0 saturated heterocycles. The van der Waals surface area contributed by atoms with Gasteiger partial charge in [0.05, 0.1) is 17.6 Å². The summed E-state index contributed by atoms with van der Waals surface area (Å²) in [7, 11) is 1.95. The van der Waals surface area contributed by atoms with Crippen molar-refractivity contribution in [3.63, 3.8) is 0 Å². The Hall–Kier alpha value is -2.04. The molecule has 0 aliphatic rings. The van der Waals surface area contributed by atoms with Gasteiger partial charge in [0.2, 0.25) is 0 Å². The Morgan fingerprint density at radius 3 is 2.65 bits per heavy atom. The molecule has 2 aromatic rings. The number of aryl methyl sites for hydroxylation is 2. The van der Waals surface area contributed by atoms with E-state index < -0.39 is 0 Å². The van der Waals surface area contributed by atoms with Crippen molar-refractivity contribution in [1.29, 1.82) is 0 Å². The lowest BCUT2D eigenvalue weighted by Gasteiger charge is -2.06. The van der Waals surface area contributed by atoms with E-state index in [0.29, 0.717) is 5.82 Å². The molecule has 0 aliphatic heterocycles. The smallest absolute Gasteiger partial charge is 0.123 e. The maximum atomic E-state index is 5.53. The van der Waals surface area contributed by atoms with Crippen LogP contribution in [0.1, 0.15) is 17.0 Å². The van der Waals surface area contributed by atoms with Crippen LogP contribution in [0.2, 0.25) is 0 Å². The molecule has 0 bridgehead atoms. The first kappa shape index (κ1) is 11.4. The Kier molecular flexibility index (Phi) is 2.99. The minimum atomic E-state index is 0.532. The number of hydrogen-bond acceptors (Lipinski definition) is 4. The largest absolute Gasteiger partial charge is 0.384 e. The van der Waals surface area contributed by atoms with Crippen LogP contribution in [0.5, 0.6) is 0 Å². The predicted octanol–water partition coefficient (Wildman–Crippen LogP) is 1.63. The lowest BCUT2D eigenvalue weighted by atomic mass is 10.2. The van der Waals surface area contributed by atoms with Crippen molar-refractivity contribution in [3.8, 4) is 0 Å². The van der Waals surface area contributed by atoms with Gasteiger partial charge in [-0.05, 0) is 26.0 Å². The zero-order valence-corrected chi connectivity index (χ0v) is 10.4. The number of pyridine rings is 1. The number of nitrogens with zero attached hydrogens (tertiary/aromatic N) is 3. The van der Waals surface area contributed by atoms with Gasteiger partial charge in [0.1, 0.15) is 5.82 Å². The molecule has 0 amide bonds. The van der Waals surface area contributed by atoms with Crippen LogP contribution < -0.4 is 11.1 Å². The monoisotopic (exact) mass is 231 g/mol. The van der Waals surface area contributed by atoms with Crippen molar-refractivity contribution in [2.75, 3.05) is 11.1 Å². The highest BCUT2D eigenvalue weighted by Crippen LogP contribution is 2.14. The van der Waals surface area contributed by atoms with E-state index in [4.69, 9.17) is 5.73 Å². The molecule has 0 radical (unpaired) electrons. The molecule has 0 saturated carbocycles. The third kappa shape index (κ3) is 2.38. The molecule has 0 spiro atoms. The molecule has 2 heterocycles. The van der Waals surface area contributed by atoms with E-state index in [-0.39, 0.29) is 0 Å². The summed E-state index contributed by atoms with van der Waals surface area (Å²) in [5, 5.41) is 7.69. The van der Waals surface area contributed by atoms with Crippen LogP contribution in [-0.2, 0) is 13.6 Å². The molecule has 3 N–H and O–H groups in total. The molecule has 2 rings (SSSR count). The fourth-order valence-electron chi connectivity index (χ4n) is 1.77. The van der Waals surface area contributed by atoms with Gasteiger partial charge in [0, 0.05) is 24.8 Å². The maximum Gasteiger partial charge on any atom is 0.123 e. The molecule has 17 heavy (non-hydrogen) atoms. The van der Waals surface area contributed by atoms with Gasteiger partial charge in [-0.15, -0.1) is 0 Å². The summed E-state index contributed by atoms with van der Waals surface area (Å²) < 4.78 is 1.90. The minimum absolute atomic E-state index is 0.532. The third-order valence-corrected chi connectivity index (χ3v) is 2.91. The Labute approximate surface area is 101 Å². The fraction of sp³-hybridized carbons (Fsp3) is 0.333. The van der Waals surface area contributed by atoms with Crippen LogP contribution in [0.15, 0.2) is 18.3 Å². The normalized spacial score (nSPS) is 10.5. The molecule has 0 fully saturated rings. The fourth-order valence-corrected chi connectivity index (χ4v) is 1.77. The van der Waals surface area contributed by atoms with Crippen LogP contribution in [-0.4, -0.2) is 14.8 Å². The first-order valence-electron chi connectivity index (χ1n) is 5.52. The summed E-state index contributed by atoms with van der Waals surface area (Å²) >= 11 is 0. The average Bonchev–Trinajstić information content (AvgIpc) is 2.54. The molecule has 2 aromatic heterocycles. The van der Waals surface area contributed by atoms with Gasteiger partial charge in [-0.3, -0.25) is 4.68 Å². The highest BCUT2D eigenvalue weighted by molar-refractivity contribution is 5.46. The number of nitrogen functional groups attached to an aromatic ring is 1. The minimum Gasteiger partial charge on any atom is -0.384 e. The number of rotatable bonds is 3.